The second kappa shape index (κ2) is 23.2. The van der Waals surface area contributed by atoms with E-state index in [-0.39, 0.29) is 66.8 Å². The number of piperidine rings is 1. The zero-order valence-electron chi connectivity index (χ0n) is 34.8. The van der Waals surface area contributed by atoms with E-state index in [9.17, 15) is 24.0 Å². The molecule has 2 N–H and O–H groups in total. The number of esters is 2. The molecule has 0 saturated carbocycles. The molecule has 56 heavy (non-hydrogen) atoms. The van der Waals surface area contributed by atoms with Gasteiger partial charge in [0.05, 0.1) is 12.0 Å². The fourth-order valence-corrected chi connectivity index (χ4v) is 7.98. The average Bonchev–Trinajstić information content (AvgIpc) is 3.68. The zero-order chi connectivity index (χ0) is 41.4. The maximum atomic E-state index is 14.3. The highest BCUT2D eigenvalue weighted by Gasteiger charge is 2.37. The van der Waals surface area contributed by atoms with Crippen LogP contribution in [0, 0.1) is 17.8 Å². The molecule has 1 aromatic heterocycles. The second-order valence-electron chi connectivity index (χ2n) is 15.6. The Morgan fingerprint density at radius 2 is 1.77 bits per heavy atom. The molecule has 1 aromatic carbocycles. The summed E-state index contributed by atoms with van der Waals surface area (Å²) in [7, 11) is 3.69. The first-order valence-electron chi connectivity index (χ1n) is 20.2. The molecule has 2 aromatic rings. The van der Waals surface area contributed by atoms with Crippen LogP contribution >= 0.6 is 11.3 Å². The van der Waals surface area contributed by atoms with Gasteiger partial charge in [0.25, 0.3) is 5.91 Å². The predicted molar refractivity (Wildman–Crippen MR) is 220 cm³/mol. The predicted octanol–water partition coefficient (Wildman–Crippen LogP) is 6.51. The summed E-state index contributed by atoms with van der Waals surface area (Å²) in [6.07, 6.45) is 6.05. The van der Waals surface area contributed by atoms with Gasteiger partial charge in [-0.05, 0) is 63.1 Å². The Labute approximate surface area is 338 Å². The molecule has 12 nitrogen and oxygen atoms in total. The lowest BCUT2D eigenvalue weighted by Gasteiger charge is -2.38. The van der Waals surface area contributed by atoms with Crippen molar-refractivity contribution in [2.24, 2.45) is 17.8 Å². The van der Waals surface area contributed by atoms with Crippen LogP contribution in [0.15, 0.2) is 48.4 Å². The topological polar surface area (TPSA) is 147 Å². The van der Waals surface area contributed by atoms with Gasteiger partial charge in [0, 0.05) is 37.4 Å². The number of rotatable bonds is 22. The van der Waals surface area contributed by atoms with Crippen molar-refractivity contribution in [2.75, 3.05) is 27.2 Å². The summed E-state index contributed by atoms with van der Waals surface area (Å²) in [6.45, 7) is 16.2. The smallest absolute Gasteiger partial charge is 0.309 e. The molecule has 1 aliphatic heterocycles. The number of benzene rings is 1. The minimum Gasteiger partial charge on any atom is -0.461 e. The Balaban J connectivity index is 1.85. The number of aromatic nitrogens is 1. The Bertz CT molecular complexity index is 1580. The summed E-state index contributed by atoms with van der Waals surface area (Å²) in [5.41, 5.74) is 1.17. The summed E-state index contributed by atoms with van der Waals surface area (Å²) in [6, 6.07) is 7.93. The largest absolute Gasteiger partial charge is 0.461 e. The number of hydrogen-bond donors (Lipinski definition) is 2. The molecule has 0 unspecified atom stereocenters. The van der Waals surface area contributed by atoms with Crippen LogP contribution in [-0.4, -0.2) is 95.9 Å². The molecule has 0 spiro atoms. The van der Waals surface area contributed by atoms with E-state index in [1.54, 1.807) is 24.3 Å². The van der Waals surface area contributed by atoms with E-state index in [4.69, 9.17) is 14.5 Å². The molecule has 3 amide bonds. The number of carbonyl (C=O) groups is 5. The maximum absolute atomic E-state index is 14.3. The monoisotopic (exact) mass is 795 g/mol. The number of amides is 3. The van der Waals surface area contributed by atoms with E-state index < -0.39 is 36.0 Å². The highest BCUT2D eigenvalue weighted by Crippen LogP contribution is 2.31. The van der Waals surface area contributed by atoms with Crippen LogP contribution in [-0.2, 0) is 35.1 Å². The average molecular weight is 796 g/mol. The highest BCUT2D eigenvalue weighted by molar-refractivity contribution is 7.09. The summed E-state index contributed by atoms with van der Waals surface area (Å²) in [4.78, 5) is 75.6. The number of ether oxygens (including phenoxy) is 2. The molecule has 0 radical (unpaired) electrons. The van der Waals surface area contributed by atoms with Gasteiger partial charge >= 0.3 is 11.9 Å². The first kappa shape index (κ1) is 46.3. The number of nitrogens with zero attached hydrogens (tertiary/aromatic N) is 3. The third kappa shape index (κ3) is 13.8. The molecular weight excluding hydrogens is 731 g/mol. The number of nitrogens with one attached hydrogen (secondary N) is 2. The quantitative estimate of drug-likeness (QED) is 0.101. The molecular formula is C43H65N5O7S. The second-order valence-corrected chi connectivity index (χ2v) is 16.5. The first-order valence-corrected chi connectivity index (χ1v) is 21.1. The summed E-state index contributed by atoms with van der Waals surface area (Å²) in [5, 5.41) is 8.27. The van der Waals surface area contributed by atoms with Crippen molar-refractivity contribution in [3.8, 4) is 0 Å². The lowest BCUT2D eigenvalue weighted by atomic mass is 9.92. The van der Waals surface area contributed by atoms with Crippen molar-refractivity contribution in [3.63, 3.8) is 0 Å². The Hall–Kier alpha value is -4.10. The number of hydrogen-bond acceptors (Lipinski definition) is 10. The maximum Gasteiger partial charge on any atom is 0.309 e. The molecule has 2 heterocycles. The van der Waals surface area contributed by atoms with E-state index in [0.29, 0.717) is 30.7 Å². The van der Waals surface area contributed by atoms with Gasteiger partial charge < -0.3 is 25.0 Å². The van der Waals surface area contributed by atoms with Crippen molar-refractivity contribution in [1.82, 2.24) is 25.4 Å². The van der Waals surface area contributed by atoms with Crippen molar-refractivity contribution < 1.29 is 33.4 Å². The third-order valence-electron chi connectivity index (χ3n) is 10.7. The van der Waals surface area contributed by atoms with E-state index in [2.05, 4.69) is 22.1 Å². The standard InChI is InChI=1S/C43H65N5O7S/c1-10-18-37(49)55-36(26-35(28(4)5)48(9)42(52)38(29(6)12-3)46-40(51)34-21-16-17-22-47(34)8)41-45-33(27-56-41)39(50)44-32(25-31-19-14-13-15-20-31)24-30(7)43(53)54-23-11-2/h11,13-15,19-20,27-30,32,34-36,38H,2,10,12,16-18,21-26H2,1,3-9H3,(H,44,50)(H,46,51)/t29-,30-,32+,34+,35+,36+,38-/m0/s1. The third-order valence-corrected chi connectivity index (χ3v) is 11.7. The van der Waals surface area contributed by atoms with E-state index >= 15 is 0 Å². The SMILES string of the molecule is C=CCOC(=O)[C@@H](C)C[C@H](Cc1ccccc1)NC(=O)c1csc([C@@H](C[C@H](C(C)C)N(C)C(=O)[C@@H](NC(=O)[C@H]2CCCCN2C)[C@@H](C)CC)OC(=O)CCC)n1. The Morgan fingerprint density at radius 3 is 2.39 bits per heavy atom. The lowest BCUT2D eigenvalue weighted by molar-refractivity contribution is -0.152. The molecule has 3 rings (SSSR count). The number of likely N-dealkylation sites (N-methyl/N-ethyl adjacent to an activating group) is 2. The van der Waals surface area contributed by atoms with Crippen LogP contribution in [0.2, 0.25) is 0 Å². The first-order chi connectivity index (χ1) is 26.7. The molecule has 310 valence electrons. The van der Waals surface area contributed by atoms with Gasteiger partial charge in [0.15, 0.2) is 6.10 Å². The summed E-state index contributed by atoms with van der Waals surface area (Å²) < 4.78 is 11.3. The zero-order valence-corrected chi connectivity index (χ0v) is 35.6. The van der Waals surface area contributed by atoms with Gasteiger partial charge in [-0.1, -0.05) is 97.4 Å². The van der Waals surface area contributed by atoms with Crippen LogP contribution in [0.5, 0.6) is 0 Å². The van der Waals surface area contributed by atoms with Crippen molar-refractivity contribution in [1.29, 1.82) is 0 Å². The van der Waals surface area contributed by atoms with Crippen LogP contribution in [0.4, 0.5) is 0 Å². The van der Waals surface area contributed by atoms with Crippen molar-refractivity contribution in [2.45, 2.75) is 130 Å². The molecule has 1 aliphatic rings. The van der Waals surface area contributed by atoms with Crippen LogP contribution in [0.1, 0.15) is 120 Å². The number of thiazole rings is 1. The Kier molecular flexibility index (Phi) is 19.2. The van der Waals surface area contributed by atoms with Gasteiger partial charge in [-0.25, -0.2) is 4.98 Å². The normalized spacial score (nSPS) is 17.8. The minimum atomic E-state index is -0.824. The van der Waals surface area contributed by atoms with Crippen LogP contribution < -0.4 is 10.6 Å². The van der Waals surface area contributed by atoms with Crippen LogP contribution in [0.25, 0.3) is 0 Å². The van der Waals surface area contributed by atoms with Gasteiger partial charge in [0.1, 0.15) is 23.4 Å². The molecule has 1 fully saturated rings. The van der Waals surface area contributed by atoms with Crippen LogP contribution in [0.3, 0.4) is 0 Å². The van der Waals surface area contributed by atoms with E-state index in [0.717, 1.165) is 31.4 Å². The molecule has 1 saturated heterocycles. The van der Waals surface area contributed by atoms with Gasteiger partial charge in [-0.2, -0.15) is 0 Å². The fourth-order valence-electron chi connectivity index (χ4n) is 7.14. The molecule has 13 heteroatoms. The molecule has 7 atom stereocenters. The minimum absolute atomic E-state index is 0.0456. The van der Waals surface area contributed by atoms with E-state index in [1.165, 1.54) is 17.4 Å². The summed E-state index contributed by atoms with van der Waals surface area (Å²) >= 11 is 1.22. The highest BCUT2D eigenvalue weighted by atomic mass is 32.1. The molecule has 0 aliphatic carbocycles. The van der Waals surface area contributed by atoms with Crippen molar-refractivity contribution >= 4 is 41.0 Å². The fraction of sp³-hybridized carbons (Fsp3) is 0.628. The Morgan fingerprint density at radius 1 is 1.05 bits per heavy atom. The van der Waals surface area contributed by atoms with E-state index in [1.807, 2.05) is 72.0 Å². The lowest BCUT2D eigenvalue weighted by Crippen LogP contribution is -2.58. The summed E-state index contributed by atoms with van der Waals surface area (Å²) in [5.74, 6) is -2.15. The number of likely N-dealkylation sites (tertiary alicyclic amines) is 1. The van der Waals surface area contributed by atoms with Gasteiger partial charge in [0.2, 0.25) is 11.8 Å². The van der Waals surface area contributed by atoms with Gasteiger partial charge in [-0.3, -0.25) is 28.9 Å². The van der Waals surface area contributed by atoms with Gasteiger partial charge in [-0.15, -0.1) is 11.3 Å². The number of carbonyl (C=O) groups excluding carboxylic acids is 5. The van der Waals surface area contributed by atoms with Crippen molar-refractivity contribution in [3.05, 3.63) is 64.6 Å². The molecule has 0 bridgehead atoms.